The van der Waals surface area contributed by atoms with Crippen molar-refractivity contribution in [3.8, 4) is 0 Å². The first-order chi connectivity index (χ1) is 13.0. The van der Waals surface area contributed by atoms with Crippen LogP contribution in [0.1, 0.15) is 64.9 Å². The summed E-state index contributed by atoms with van der Waals surface area (Å²) in [4.78, 5) is 31.6. The molecule has 2 amide bonds. The minimum absolute atomic E-state index is 0.0465. The topological polar surface area (TPSA) is 80.4 Å². The molecule has 4 heterocycles. The van der Waals surface area contributed by atoms with Crippen LogP contribution in [0, 0.1) is 12.8 Å². The summed E-state index contributed by atoms with van der Waals surface area (Å²) in [5, 5.41) is 2.93. The van der Waals surface area contributed by atoms with Crippen LogP contribution in [-0.2, 0) is 6.42 Å². The van der Waals surface area contributed by atoms with Gasteiger partial charge < -0.3 is 19.2 Å². The van der Waals surface area contributed by atoms with E-state index in [-0.39, 0.29) is 17.9 Å². The number of rotatable bonds is 4. The van der Waals surface area contributed by atoms with Crippen LogP contribution in [0.2, 0.25) is 0 Å². The predicted molar refractivity (Wildman–Crippen MR) is 99.7 cm³/mol. The van der Waals surface area contributed by atoms with Gasteiger partial charge >= 0.3 is 0 Å². The number of amides is 2. The molecule has 2 aliphatic rings. The number of aromatic nitrogens is 2. The van der Waals surface area contributed by atoms with Crippen LogP contribution in [0.5, 0.6) is 0 Å². The number of carbonyl (C=O) groups excluding carboxylic acids is 2. The molecule has 1 unspecified atom stereocenters. The lowest BCUT2D eigenvalue weighted by molar-refractivity contribution is 0.0684. The summed E-state index contributed by atoms with van der Waals surface area (Å²) in [5.74, 6) is 2.46. The van der Waals surface area contributed by atoms with Gasteiger partial charge in [0.15, 0.2) is 5.76 Å². The average Bonchev–Trinajstić information content (AvgIpc) is 3.36. The largest absolute Gasteiger partial charge is 0.456 e. The van der Waals surface area contributed by atoms with E-state index >= 15 is 0 Å². The lowest BCUT2D eigenvalue weighted by Gasteiger charge is -2.30. The molecule has 0 spiro atoms. The van der Waals surface area contributed by atoms with Gasteiger partial charge in [0.05, 0.1) is 12.2 Å². The van der Waals surface area contributed by atoms with Gasteiger partial charge in [-0.1, -0.05) is 6.92 Å². The van der Waals surface area contributed by atoms with E-state index in [0.29, 0.717) is 29.7 Å². The molecule has 0 aliphatic carbocycles. The van der Waals surface area contributed by atoms with Crippen LogP contribution in [0.3, 0.4) is 0 Å². The molecule has 144 valence electrons. The highest BCUT2D eigenvalue weighted by molar-refractivity contribution is 5.93. The van der Waals surface area contributed by atoms with Crippen molar-refractivity contribution in [2.45, 2.75) is 45.6 Å². The fraction of sp³-hybridized carbons (Fsp3) is 0.550. The van der Waals surface area contributed by atoms with E-state index in [1.165, 1.54) is 0 Å². The number of piperidine rings is 1. The van der Waals surface area contributed by atoms with Gasteiger partial charge in [-0.25, -0.2) is 4.98 Å². The van der Waals surface area contributed by atoms with E-state index in [2.05, 4.69) is 17.2 Å². The maximum atomic E-state index is 13.0. The molecule has 2 aliphatic heterocycles. The van der Waals surface area contributed by atoms with Crippen molar-refractivity contribution in [3.05, 3.63) is 41.4 Å². The highest BCUT2D eigenvalue weighted by atomic mass is 16.3. The van der Waals surface area contributed by atoms with Crippen molar-refractivity contribution in [1.29, 1.82) is 0 Å². The lowest BCUT2D eigenvalue weighted by Crippen LogP contribution is -2.39. The lowest BCUT2D eigenvalue weighted by atomic mass is 9.99. The summed E-state index contributed by atoms with van der Waals surface area (Å²) >= 11 is 0. The van der Waals surface area contributed by atoms with Crippen molar-refractivity contribution in [3.63, 3.8) is 0 Å². The Kier molecular flexibility index (Phi) is 4.76. The average molecular weight is 370 g/mol. The van der Waals surface area contributed by atoms with Crippen LogP contribution >= 0.6 is 0 Å². The minimum Gasteiger partial charge on any atom is -0.456 e. The number of furan rings is 1. The first-order valence-electron chi connectivity index (χ1n) is 9.73. The Morgan fingerprint density at radius 2 is 2.04 bits per heavy atom. The zero-order chi connectivity index (χ0) is 19.0. The third-order valence-corrected chi connectivity index (χ3v) is 5.69. The van der Waals surface area contributed by atoms with Gasteiger partial charge in [-0.2, -0.15) is 0 Å². The number of aryl methyl sites for hydroxylation is 2. The summed E-state index contributed by atoms with van der Waals surface area (Å²) in [6.07, 6.45) is 5.49. The Labute approximate surface area is 158 Å². The highest BCUT2D eigenvalue weighted by Gasteiger charge is 2.31. The molecule has 4 rings (SSSR count). The van der Waals surface area contributed by atoms with Crippen LogP contribution in [0.15, 0.2) is 22.7 Å². The maximum Gasteiger partial charge on any atom is 0.287 e. The van der Waals surface area contributed by atoms with Crippen LogP contribution in [0.4, 0.5) is 0 Å². The molecular formula is C20H26N4O3. The number of hydrogen-bond acceptors (Lipinski definition) is 4. The second-order valence-electron chi connectivity index (χ2n) is 7.72. The fourth-order valence-electron chi connectivity index (χ4n) is 4.00. The molecular weight excluding hydrogens is 344 g/mol. The van der Waals surface area contributed by atoms with Crippen molar-refractivity contribution in [2.24, 2.45) is 5.92 Å². The maximum absolute atomic E-state index is 13.0. The smallest absolute Gasteiger partial charge is 0.287 e. The van der Waals surface area contributed by atoms with Crippen LogP contribution in [-0.4, -0.2) is 45.9 Å². The van der Waals surface area contributed by atoms with Gasteiger partial charge in [0.25, 0.3) is 11.8 Å². The van der Waals surface area contributed by atoms with Gasteiger partial charge in [-0.3, -0.25) is 9.59 Å². The van der Waals surface area contributed by atoms with E-state index < -0.39 is 0 Å². The summed E-state index contributed by atoms with van der Waals surface area (Å²) in [6.45, 7) is 6.11. The third-order valence-electron chi connectivity index (χ3n) is 5.69. The summed E-state index contributed by atoms with van der Waals surface area (Å²) in [6, 6.07) is 3.49. The first-order valence-corrected chi connectivity index (χ1v) is 9.73. The van der Waals surface area contributed by atoms with E-state index in [9.17, 15) is 9.59 Å². The molecule has 0 aromatic carbocycles. The first kappa shape index (κ1) is 17.8. The summed E-state index contributed by atoms with van der Waals surface area (Å²) < 4.78 is 7.39. The molecule has 0 radical (unpaired) electrons. The second-order valence-corrected chi connectivity index (χ2v) is 7.72. The van der Waals surface area contributed by atoms with Crippen molar-refractivity contribution in [2.75, 3.05) is 19.6 Å². The third kappa shape index (κ3) is 3.50. The molecule has 1 N–H and O–H groups in total. The monoisotopic (exact) mass is 370 g/mol. The predicted octanol–water partition coefficient (Wildman–Crippen LogP) is 2.57. The molecule has 0 saturated carbocycles. The summed E-state index contributed by atoms with van der Waals surface area (Å²) in [5.41, 5.74) is 0.644. The number of likely N-dealkylation sites (tertiary alicyclic amines) is 1. The molecule has 1 fully saturated rings. The van der Waals surface area contributed by atoms with E-state index in [1.54, 1.807) is 18.3 Å². The number of nitrogens with zero attached hydrogens (tertiary/aromatic N) is 3. The Balaban J connectivity index is 1.44. The van der Waals surface area contributed by atoms with Gasteiger partial charge in [-0.05, 0) is 44.2 Å². The Morgan fingerprint density at radius 1 is 1.26 bits per heavy atom. The molecule has 27 heavy (non-hydrogen) atoms. The van der Waals surface area contributed by atoms with Crippen molar-refractivity contribution in [1.82, 2.24) is 19.8 Å². The van der Waals surface area contributed by atoms with Crippen LogP contribution in [0.25, 0.3) is 0 Å². The Bertz CT molecular complexity index is 845. The van der Waals surface area contributed by atoms with Gasteiger partial charge in [0, 0.05) is 26.1 Å². The Morgan fingerprint density at radius 3 is 2.74 bits per heavy atom. The molecule has 7 nitrogen and oxygen atoms in total. The highest BCUT2D eigenvalue weighted by Crippen LogP contribution is 2.28. The quantitative estimate of drug-likeness (QED) is 0.897. The zero-order valence-corrected chi connectivity index (χ0v) is 15.9. The number of nitrogens with one attached hydrogen (secondary N) is 1. The fourth-order valence-corrected chi connectivity index (χ4v) is 4.00. The van der Waals surface area contributed by atoms with Crippen molar-refractivity contribution >= 4 is 11.8 Å². The molecule has 1 saturated heterocycles. The second kappa shape index (κ2) is 7.21. The van der Waals surface area contributed by atoms with Gasteiger partial charge in [0.1, 0.15) is 17.3 Å². The van der Waals surface area contributed by atoms with Gasteiger partial charge in [-0.15, -0.1) is 0 Å². The number of hydrogen-bond donors (Lipinski definition) is 1. The molecule has 1 atom stereocenters. The van der Waals surface area contributed by atoms with Gasteiger partial charge in [0.2, 0.25) is 0 Å². The minimum atomic E-state index is -0.227. The summed E-state index contributed by atoms with van der Waals surface area (Å²) in [7, 11) is 0. The standard InChI is InChI=1S/C20H26N4O3/c1-13-7-9-23(10-8-13)20(26)16-12-21-18-6-4-15(24(16)18)11-22-19(25)17-5-3-14(2)27-17/h3,5,12-13,15H,4,6-11H2,1-2H3,(H,22,25). The SMILES string of the molecule is Cc1ccc(C(=O)NCC2CCc3ncc(C(=O)N4CCC(C)CC4)n32)o1. The Hall–Kier alpha value is -2.57. The zero-order valence-electron chi connectivity index (χ0n) is 15.9. The number of carbonyl (C=O) groups is 2. The van der Waals surface area contributed by atoms with Crippen molar-refractivity contribution < 1.29 is 14.0 Å². The van der Waals surface area contributed by atoms with E-state index in [1.807, 2.05) is 16.4 Å². The number of fused-ring (bicyclic) bond motifs is 1. The normalized spacial score (nSPS) is 19.9. The molecule has 0 bridgehead atoms. The van der Waals surface area contributed by atoms with E-state index in [4.69, 9.17) is 4.42 Å². The van der Waals surface area contributed by atoms with E-state index in [0.717, 1.165) is 44.6 Å². The number of imidazole rings is 1. The molecule has 2 aromatic heterocycles. The molecule has 7 heteroatoms. The molecule has 2 aromatic rings. The van der Waals surface area contributed by atoms with Crippen LogP contribution < -0.4 is 5.32 Å².